The molecule has 0 saturated carbocycles. The number of ether oxygens (including phenoxy) is 2. The van der Waals surface area contributed by atoms with E-state index in [9.17, 15) is 4.79 Å². The molecule has 1 aromatic carbocycles. The number of methoxy groups -OCH3 is 1. The van der Waals surface area contributed by atoms with Crippen molar-refractivity contribution in [1.29, 1.82) is 0 Å². The first-order chi connectivity index (χ1) is 10.0. The standard InChI is InChI=1S/C14H13BrN2O4/c1-6-3-8-12(15)7(4-11(20-2)13(8)21-6)9-5-10(14(18)19)17-16-9/h4-6H,3H2,1-2H3,(H,16,17)(H,18,19). The van der Waals surface area contributed by atoms with Crippen LogP contribution in [0.5, 0.6) is 11.5 Å². The van der Waals surface area contributed by atoms with Gasteiger partial charge in [-0.25, -0.2) is 4.79 Å². The predicted molar refractivity (Wildman–Crippen MR) is 79.0 cm³/mol. The zero-order valence-corrected chi connectivity index (χ0v) is 13.0. The van der Waals surface area contributed by atoms with Gasteiger partial charge in [-0.15, -0.1) is 0 Å². The Morgan fingerprint density at radius 2 is 2.33 bits per heavy atom. The van der Waals surface area contributed by atoms with E-state index in [1.165, 1.54) is 6.07 Å². The van der Waals surface area contributed by atoms with Crippen LogP contribution < -0.4 is 9.47 Å². The molecule has 2 N–H and O–H groups in total. The number of hydrogen-bond acceptors (Lipinski definition) is 4. The molecular weight excluding hydrogens is 340 g/mol. The maximum absolute atomic E-state index is 11.0. The number of benzene rings is 1. The minimum atomic E-state index is -1.05. The van der Waals surface area contributed by atoms with Crippen LogP contribution in [0.25, 0.3) is 11.3 Å². The van der Waals surface area contributed by atoms with E-state index in [1.807, 2.05) is 6.92 Å². The molecule has 0 aliphatic carbocycles. The number of rotatable bonds is 3. The molecule has 3 rings (SSSR count). The third-order valence-corrected chi connectivity index (χ3v) is 4.30. The summed E-state index contributed by atoms with van der Waals surface area (Å²) in [5, 5.41) is 15.5. The molecule has 1 atom stereocenters. The molecule has 1 unspecified atom stereocenters. The quantitative estimate of drug-likeness (QED) is 0.887. The second-order valence-corrected chi connectivity index (χ2v) is 5.65. The van der Waals surface area contributed by atoms with E-state index in [2.05, 4.69) is 26.1 Å². The van der Waals surface area contributed by atoms with E-state index < -0.39 is 5.97 Å². The predicted octanol–water partition coefficient (Wildman–Crippen LogP) is 2.87. The number of nitrogens with one attached hydrogen (secondary N) is 1. The Labute approximate surface area is 129 Å². The second kappa shape index (κ2) is 5.07. The van der Waals surface area contributed by atoms with Crippen molar-refractivity contribution in [2.24, 2.45) is 0 Å². The monoisotopic (exact) mass is 352 g/mol. The molecule has 2 aromatic rings. The SMILES string of the molecule is COc1cc(-c2cc(C(=O)O)[nH]n2)c(Br)c2c1OC(C)C2. The molecule has 1 aliphatic heterocycles. The lowest BCUT2D eigenvalue weighted by molar-refractivity contribution is 0.0690. The molecule has 6 nitrogen and oxygen atoms in total. The average Bonchev–Trinajstić information content (AvgIpc) is 3.06. The van der Waals surface area contributed by atoms with Crippen molar-refractivity contribution < 1.29 is 19.4 Å². The number of H-pyrrole nitrogens is 1. The number of carboxylic acid groups (broad SMARTS) is 1. The summed E-state index contributed by atoms with van der Waals surface area (Å²) in [6.45, 7) is 1.99. The summed E-state index contributed by atoms with van der Waals surface area (Å²) < 4.78 is 12.0. The summed E-state index contributed by atoms with van der Waals surface area (Å²) in [5.41, 5.74) is 2.37. The van der Waals surface area contributed by atoms with Crippen molar-refractivity contribution in [3.05, 3.63) is 27.9 Å². The van der Waals surface area contributed by atoms with Gasteiger partial charge in [0.05, 0.1) is 12.8 Å². The highest BCUT2D eigenvalue weighted by atomic mass is 79.9. The maximum Gasteiger partial charge on any atom is 0.353 e. The normalized spacial score (nSPS) is 16.4. The van der Waals surface area contributed by atoms with Crippen molar-refractivity contribution in [2.75, 3.05) is 7.11 Å². The second-order valence-electron chi connectivity index (χ2n) is 4.85. The molecule has 0 amide bonds. The molecule has 1 aliphatic rings. The number of fused-ring (bicyclic) bond motifs is 1. The Hall–Kier alpha value is -2.02. The molecule has 21 heavy (non-hydrogen) atoms. The van der Waals surface area contributed by atoms with E-state index in [-0.39, 0.29) is 11.8 Å². The van der Waals surface area contributed by atoms with Crippen molar-refractivity contribution in [1.82, 2.24) is 10.2 Å². The van der Waals surface area contributed by atoms with Gasteiger partial charge in [-0.2, -0.15) is 5.10 Å². The summed E-state index contributed by atoms with van der Waals surface area (Å²) in [7, 11) is 1.58. The van der Waals surface area contributed by atoms with Gasteiger partial charge in [-0.05, 0) is 35.0 Å². The highest BCUT2D eigenvalue weighted by molar-refractivity contribution is 9.10. The summed E-state index contributed by atoms with van der Waals surface area (Å²) in [6, 6.07) is 3.29. The van der Waals surface area contributed by atoms with Gasteiger partial charge < -0.3 is 14.6 Å². The summed E-state index contributed by atoms with van der Waals surface area (Å²) in [5.74, 6) is 0.303. The highest BCUT2D eigenvalue weighted by Crippen LogP contribution is 2.46. The van der Waals surface area contributed by atoms with Crippen LogP contribution in [-0.2, 0) is 6.42 Å². The maximum atomic E-state index is 11.0. The van der Waals surface area contributed by atoms with Gasteiger partial charge >= 0.3 is 5.97 Å². The van der Waals surface area contributed by atoms with Crippen molar-refractivity contribution >= 4 is 21.9 Å². The fourth-order valence-electron chi connectivity index (χ4n) is 2.42. The Bertz CT molecular complexity index is 726. The largest absolute Gasteiger partial charge is 0.493 e. The third-order valence-electron chi connectivity index (χ3n) is 3.39. The van der Waals surface area contributed by atoms with Gasteiger partial charge in [0.2, 0.25) is 0 Å². The molecule has 1 aromatic heterocycles. The lowest BCUT2D eigenvalue weighted by Crippen LogP contribution is -2.05. The van der Waals surface area contributed by atoms with Crippen LogP contribution in [0.15, 0.2) is 16.6 Å². The molecule has 0 radical (unpaired) electrons. The summed E-state index contributed by atoms with van der Waals surface area (Å²) >= 11 is 3.57. The lowest BCUT2D eigenvalue weighted by Gasteiger charge is -2.11. The zero-order valence-electron chi connectivity index (χ0n) is 11.4. The van der Waals surface area contributed by atoms with E-state index in [4.69, 9.17) is 14.6 Å². The van der Waals surface area contributed by atoms with Crippen molar-refractivity contribution in [3.63, 3.8) is 0 Å². The van der Waals surface area contributed by atoms with Gasteiger partial charge in [0.15, 0.2) is 11.5 Å². The number of aromatic amines is 1. The van der Waals surface area contributed by atoms with Gasteiger partial charge in [-0.1, -0.05) is 0 Å². The Morgan fingerprint density at radius 3 is 2.95 bits per heavy atom. The molecule has 2 heterocycles. The fourth-order valence-corrected chi connectivity index (χ4v) is 3.08. The molecule has 0 spiro atoms. The Kier molecular flexibility index (Phi) is 3.36. The smallest absolute Gasteiger partial charge is 0.353 e. The first kappa shape index (κ1) is 13.9. The van der Waals surface area contributed by atoms with E-state index in [0.717, 1.165) is 27.8 Å². The first-order valence-electron chi connectivity index (χ1n) is 6.36. The lowest BCUT2D eigenvalue weighted by atomic mass is 10.0. The molecular formula is C14H13BrN2O4. The number of hydrogen-bond donors (Lipinski definition) is 2. The van der Waals surface area contributed by atoms with Crippen LogP contribution in [0.2, 0.25) is 0 Å². The number of carboxylic acids is 1. The Balaban J connectivity index is 2.15. The highest BCUT2D eigenvalue weighted by Gasteiger charge is 2.28. The van der Waals surface area contributed by atoms with Gasteiger partial charge in [0.25, 0.3) is 0 Å². The zero-order chi connectivity index (χ0) is 15.1. The van der Waals surface area contributed by atoms with Gasteiger partial charge in [0.1, 0.15) is 11.8 Å². The van der Waals surface area contributed by atoms with Crippen molar-refractivity contribution in [2.45, 2.75) is 19.4 Å². The molecule has 0 bridgehead atoms. The minimum absolute atomic E-state index is 0.0426. The van der Waals surface area contributed by atoms with Gasteiger partial charge in [-0.3, -0.25) is 5.10 Å². The van der Waals surface area contributed by atoms with Crippen LogP contribution in [0.4, 0.5) is 0 Å². The van der Waals surface area contributed by atoms with E-state index in [1.54, 1.807) is 13.2 Å². The molecule has 0 fully saturated rings. The first-order valence-corrected chi connectivity index (χ1v) is 7.15. The molecule has 0 saturated heterocycles. The Morgan fingerprint density at radius 1 is 1.57 bits per heavy atom. The van der Waals surface area contributed by atoms with Crippen LogP contribution >= 0.6 is 15.9 Å². The summed E-state index contributed by atoms with van der Waals surface area (Å²) in [6.07, 6.45) is 0.838. The number of carbonyl (C=O) groups is 1. The van der Waals surface area contributed by atoms with E-state index in [0.29, 0.717) is 11.4 Å². The number of aromatic nitrogens is 2. The number of nitrogens with zero attached hydrogens (tertiary/aromatic N) is 1. The summed E-state index contributed by atoms with van der Waals surface area (Å²) in [4.78, 5) is 11.0. The van der Waals surface area contributed by atoms with Gasteiger partial charge in [0, 0.05) is 22.0 Å². The topological polar surface area (TPSA) is 84.4 Å². The van der Waals surface area contributed by atoms with Crippen LogP contribution in [0, 0.1) is 0 Å². The van der Waals surface area contributed by atoms with Crippen molar-refractivity contribution in [3.8, 4) is 22.8 Å². The fraction of sp³-hybridized carbons (Fsp3) is 0.286. The molecule has 110 valence electrons. The number of halogens is 1. The minimum Gasteiger partial charge on any atom is -0.493 e. The molecule has 7 heteroatoms. The van der Waals surface area contributed by atoms with Crippen LogP contribution in [0.1, 0.15) is 23.0 Å². The average molecular weight is 353 g/mol. The third kappa shape index (κ3) is 2.27. The number of aromatic carboxylic acids is 1. The van der Waals surface area contributed by atoms with E-state index >= 15 is 0 Å². The van der Waals surface area contributed by atoms with Crippen LogP contribution in [0.3, 0.4) is 0 Å². The van der Waals surface area contributed by atoms with Crippen LogP contribution in [-0.4, -0.2) is 34.5 Å².